The summed E-state index contributed by atoms with van der Waals surface area (Å²) in [6.07, 6.45) is 2.32. The van der Waals surface area contributed by atoms with Crippen LogP contribution in [-0.4, -0.2) is 35.5 Å². The van der Waals surface area contributed by atoms with Gasteiger partial charge in [-0.1, -0.05) is 6.07 Å². The fourth-order valence-electron chi connectivity index (χ4n) is 3.27. The molecule has 4 aromatic rings. The summed E-state index contributed by atoms with van der Waals surface area (Å²) in [7, 11) is 0. The minimum Gasteiger partial charge on any atom is -0.326 e. The zero-order chi connectivity index (χ0) is 20.5. The molecule has 0 fully saturated rings. The molecular weight excluding hydrogens is 373 g/mol. The maximum Gasteiger partial charge on any atom is 0.224 e. The number of hydrogen-bond donors (Lipinski definition) is 1. The molecule has 3 heterocycles. The van der Waals surface area contributed by atoms with Crippen molar-refractivity contribution in [1.29, 1.82) is 0 Å². The van der Waals surface area contributed by atoms with Gasteiger partial charge in [0.25, 0.3) is 0 Å². The summed E-state index contributed by atoms with van der Waals surface area (Å²) in [5.74, 6) is 0.0923. The van der Waals surface area contributed by atoms with Gasteiger partial charge in [0.05, 0.1) is 5.69 Å². The van der Waals surface area contributed by atoms with Crippen LogP contribution < -0.4 is 5.32 Å². The van der Waals surface area contributed by atoms with E-state index in [0.29, 0.717) is 23.6 Å². The molecule has 8 nitrogen and oxygen atoms in total. The van der Waals surface area contributed by atoms with Crippen molar-refractivity contribution in [2.45, 2.75) is 33.6 Å². The van der Waals surface area contributed by atoms with Crippen LogP contribution in [0.2, 0.25) is 0 Å². The summed E-state index contributed by atoms with van der Waals surface area (Å²) in [4.78, 5) is 12.4. The van der Waals surface area contributed by atoms with Gasteiger partial charge in [0.1, 0.15) is 12.1 Å². The van der Waals surface area contributed by atoms with Crippen LogP contribution in [0.4, 0.5) is 10.1 Å². The standard InChI is InChI=1S/C20H20FN7O/c1-12-4-5-15(21)10-17(12)23-20(29)9-6-16-13(2)25-28(14(16)3)19-8-7-18-24-22-11-27(18)26-19/h4-5,7-8,10-11H,6,9H2,1-3H3,(H,23,29). The highest BCUT2D eigenvalue weighted by molar-refractivity contribution is 5.91. The number of fused-ring (bicyclic) bond motifs is 1. The molecule has 1 amide bonds. The first-order valence-electron chi connectivity index (χ1n) is 9.21. The predicted octanol–water partition coefficient (Wildman–Crippen LogP) is 2.95. The van der Waals surface area contributed by atoms with E-state index in [1.54, 1.807) is 15.3 Å². The minimum atomic E-state index is -0.378. The van der Waals surface area contributed by atoms with Gasteiger partial charge < -0.3 is 5.32 Å². The van der Waals surface area contributed by atoms with Gasteiger partial charge in [-0.2, -0.15) is 9.61 Å². The second-order valence-electron chi connectivity index (χ2n) is 6.89. The van der Waals surface area contributed by atoms with Gasteiger partial charge in [0.15, 0.2) is 11.5 Å². The number of rotatable bonds is 5. The Morgan fingerprint density at radius 1 is 1.14 bits per heavy atom. The Morgan fingerprint density at radius 3 is 2.79 bits per heavy atom. The highest BCUT2D eigenvalue weighted by Crippen LogP contribution is 2.20. The highest BCUT2D eigenvalue weighted by Gasteiger charge is 2.16. The van der Waals surface area contributed by atoms with Crippen LogP contribution in [0.3, 0.4) is 0 Å². The monoisotopic (exact) mass is 393 g/mol. The number of hydrogen-bond acceptors (Lipinski definition) is 5. The summed E-state index contributed by atoms with van der Waals surface area (Å²) < 4.78 is 16.7. The molecule has 29 heavy (non-hydrogen) atoms. The van der Waals surface area contributed by atoms with E-state index in [9.17, 15) is 9.18 Å². The molecule has 1 aromatic carbocycles. The smallest absolute Gasteiger partial charge is 0.224 e. The van der Waals surface area contributed by atoms with Gasteiger partial charge in [-0.05, 0) is 62.6 Å². The molecule has 3 aromatic heterocycles. The maximum atomic E-state index is 13.4. The van der Waals surface area contributed by atoms with Crippen LogP contribution in [0.15, 0.2) is 36.7 Å². The molecule has 0 aliphatic carbocycles. The van der Waals surface area contributed by atoms with E-state index < -0.39 is 0 Å². The van der Waals surface area contributed by atoms with Gasteiger partial charge in [-0.25, -0.2) is 9.07 Å². The van der Waals surface area contributed by atoms with Crippen molar-refractivity contribution in [3.8, 4) is 5.82 Å². The predicted molar refractivity (Wildman–Crippen MR) is 105 cm³/mol. The third-order valence-corrected chi connectivity index (χ3v) is 4.88. The Labute approximate surface area is 166 Å². The summed E-state index contributed by atoms with van der Waals surface area (Å²) in [6, 6.07) is 7.99. The lowest BCUT2D eigenvalue weighted by Gasteiger charge is -2.09. The van der Waals surface area contributed by atoms with E-state index in [2.05, 4.69) is 25.7 Å². The molecule has 0 atom stereocenters. The largest absolute Gasteiger partial charge is 0.326 e. The molecule has 148 valence electrons. The Kier molecular flexibility index (Phi) is 4.79. The first-order valence-corrected chi connectivity index (χ1v) is 9.21. The lowest BCUT2D eigenvalue weighted by atomic mass is 10.1. The van der Waals surface area contributed by atoms with Crippen LogP contribution in [0, 0.1) is 26.6 Å². The normalized spacial score (nSPS) is 11.2. The zero-order valence-corrected chi connectivity index (χ0v) is 16.3. The third-order valence-electron chi connectivity index (χ3n) is 4.88. The molecule has 0 bridgehead atoms. The average Bonchev–Trinajstić information content (AvgIpc) is 3.27. The zero-order valence-electron chi connectivity index (χ0n) is 16.3. The molecule has 4 rings (SSSR count). The fourth-order valence-corrected chi connectivity index (χ4v) is 3.27. The molecule has 0 saturated carbocycles. The molecule has 9 heteroatoms. The van der Waals surface area contributed by atoms with Crippen LogP contribution >= 0.6 is 0 Å². The van der Waals surface area contributed by atoms with Gasteiger partial charge in [0.2, 0.25) is 5.91 Å². The number of carbonyl (C=O) groups is 1. The lowest BCUT2D eigenvalue weighted by Crippen LogP contribution is -2.14. The quantitative estimate of drug-likeness (QED) is 0.563. The van der Waals surface area contributed by atoms with E-state index in [0.717, 1.165) is 22.5 Å². The van der Waals surface area contributed by atoms with Gasteiger partial charge in [-0.3, -0.25) is 4.79 Å². The van der Waals surface area contributed by atoms with E-state index in [1.165, 1.54) is 18.5 Å². The van der Waals surface area contributed by atoms with E-state index in [1.807, 2.05) is 32.9 Å². The van der Waals surface area contributed by atoms with E-state index in [4.69, 9.17) is 0 Å². The molecule has 0 radical (unpaired) electrons. The number of carbonyl (C=O) groups excluding carboxylic acids is 1. The van der Waals surface area contributed by atoms with Crippen molar-refractivity contribution >= 4 is 17.2 Å². The molecule has 0 aliphatic rings. The summed E-state index contributed by atoms with van der Waals surface area (Å²) in [5.41, 5.74) is 4.70. The number of amides is 1. The van der Waals surface area contributed by atoms with Crippen LogP contribution in [0.25, 0.3) is 11.5 Å². The summed E-state index contributed by atoms with van der Waals surface area (Å²) in [5, 5.41) is 19.6. The van der Waals surface area contributed by atoms with Crippen molar-refractivity contribution in [2.75, 3.05) is 5.32 Å². The van der Waals surface area contributed by atoms with Gasteiger partial charge >= 0.3 is 0 Å². The number of benzene rings is 1. The number of nitrogens with one attached hydrogen (secondary N) is 1. The second-order valence-corrected chi connectivity index (χ2v) is 6.89. The third kappa shape index (κ3) is 3.71. The maximum absolute atomic E-state index is 13.4. The van der Waals surface area contributed by atoms with E-state index >= 15 is 0 Å². The van der Waals surface area contributed by atoms with Crippen molar-refractivity contribution < 1.29 is 9.18 Å². The highest BCUT2D eigenvalue weighted by atomic mass is 19.1. The van der Waals surface area contributed by atoms with E-state index in [-0.39, 0.29) is 18.1 Å². The Bertz CT molecular complexity index is 1210. The van der Waals surface area contributed by atoms with Crippen molar-refractivity contribution in [3.63, 3.8) is 0 Å². The lowest BCUT2D eigenvalue weighted by molar-refractivity contribution is -0.116. The summed E-state index contributed by atoms with van der Waals surface area (Å²) in [6.45, 7) is 5.68. The number of anilines is 1. The number of halogens is 1. The SMILES string of the molecule is Cc1ccc(F)cc1NC(=O)CCc1c(C)nn(-c2ccc3nncn3n2)c1C. The van der Waals surface area contributed by atoms with Crippen molar-refractivity contribution in [3.05, 3.63) is 65.0 Å². The number of aryl methyl sites for hydroxylation is 2. The summed E-state index contributed by atoms with van der Waals surface area (Å²) >= 11 is 0. The van der Waals surface area contributed by atoms with Crippen LogP contribution in [0.5, 0.6) is 0 Å². The Morgan fingerprint density at radius 2 is 1.97 bits per heavy atom. The van der Waals surface area contributed by atoms with Crippen LogP contribution in [-0.2, 0) is 11.2 Å². The molecule has 0 saturated heterocycles. The first kappa shape index (κ1) is 18.7. The van der Waals surface area contributed by atoms with Crippen molar-refractivity contribution in [2.24, 2.45) is 0 Å². The van der Waals surface area contributed by atoms with Crippen molar-refractivity contribution in [1.82, 2.24) is 29.6 Å². The Hall–Kier alpha value is -3.62. The van der Waals surface area contributed by atoms with Crippen LogP contribution in [0.1, 0.15) is 28.9 Å². The molecule has 0 unspecified atom stereocenters. The molecule has 0 aliphatic heterocycles. The topological polar surface area (TPSA) is 90.0 Å². The fraction of sp³-hybridized carbons (Fsp3) is 0.250. The first-order chi connectivity index (χ1) is 13.9. The molecule has 1 N–H and O–H groups in total. The second kappa shape index (κ2) is 7.42. The van der Waals surface area contributed by atoms with Gasteiger partial charge in [-0.15, -0.1) is 15.3 Å². The molecular formula is C20H20FN7O. The molecule has 0 spiro atoms. The number of aromatic nitrogens is 6. The minimum absolute atomic E-state index is 0.172. The van der Waals surface area contributed by atoms with Gasteiger partial charge in [0, 0.05) is 17.8 Å². The Balaban J connectivity index is 1.50. The average molecular weight is 393 g/mol. The number of nitrogens with zero attached hydrogens (tertiary/aromatic N) is 6.